The number of hydrogen-bond acceptors (Lipinski definition) is 5. The van der Waals surface area contributed by atoms with Gasteiger partial charge in [-0.05, 0) is 81.1 Å². The van der Waals surface area contributed by atoms with Gasteiger partial charge in [0.1, 0.15) is 28.9 Å². The summed E-state index contributed by atoms with van der Waals surface area (Å²) in [6.45, 7) is 2.51. The van der Waals surface area contributed by atoms with Crippen molar-refractivity contribution < 1.29 is 50.5 Å². The first-order chi connectivity index (χ1) is 24.1. The van der Waals surface area contributed by atoms with Crippen LogP contribution in [0.25, 0.3) is 22.3 Å². The molecule has 0 atom stereocenters. The van der Waals surface area contributed by atoms with Gasteiger partial charge in [0, 0.05) is 47.2 Å². The summed E-state index contributed by atoms with van der Waals surface area (Å²) < 4.78 is 102. The standard InChI is InChI=1S/C39H40F6O5/c1-2-48-35-20-18-31(37(43)39(35)45)29-16-14-27(24-33(29)41)50-22-10-6-4-8-12-25(46)11-7-3-5-9-21-49-26-13-15-28(32(40)23-26)30-17-19-34(47)38(44)36(30)42/h13-20,23-24,47H,2-12,21-22H2,1H3. The van der Waals surface area contributed by atoms with Crippen molar-refractivity contribution >= 4 is 5.78 Å². The predicted molar refractivity (Wildman–Crippen MR) is 179 cm³/mol. The highest BCUT2D eigenvalue weighted by Gasteiger charge is 2.19. The molecule has 5 nitrogen and oxygen atoms in total. The number of aromatic hydroxyl groups is 1. The van der Waals surface area contributed by atoms with Crippen LogP contribution in [0.3, 0.4) is 0 Å². The van der Waals surface area contributed by atoms with Crippen molar-refractivity contribution in [3.05, 3.63) is 95.6 Å². The Morgan fingerprint density at radius 3 is 1.50 bits per heavy atom. The molecule has 0 amide bonds. The Bertz CT molecular complexity index is 1750. The fourth-order valence-corrected chi connectivity index (χ4v) is 5.42. The number of ketones is 1. The number of carbonyl (C=O) groups excluding carboxylic acids is 1. The van der Waals surface area contributed by atoms with E-state index < -0.39 is 40.7 Å². The van der Waals surface area contributed by atoms with Crippen LogP contribution in [0.1, 0.15) is 71.1 Å². The zero-order valence-corrected chi connectivity index (χ0v) is 27.8. The van der Waals surface area contributed by atoms with Crippen molar-refractivity contribution in [2.24, 2.45) is 0 Å². The normalized spacial score (nSPS) is 11.1. The monoisotopic (exact) mass is 702 g/mol. The average molecular weight is 703 g/mol. The molecule has 0 saturated heterocycles. The molecule has 0 aliphatic carbocycles. The van der Waals surface area contributed by atoms with E-state index in [1.807, 2.05) is 0 Å². The Kier molecular flexibility index (Phi) is 14.4. The van der Waals surface area contributed by atoms with Gasteiger partial charge in [0.15, 0.2) is 23.1 Å². The SMILES string of the molecule is CCOc1ccc(-c2ccc(OCCCCCCC(=O)CCCCCCOc3ccc(-c4ccc(O)c(F)c4F)c(F)c3)cc2F)c(F)c1F. The minimum atomic E-state index is -1.44. The number of hydrogen-bond donors (Lipinski definition) is 1. The van der Waals surface area contributed by atoms with E-state index in [4.69, 9.17) is 14.2 Å². The van der Waals surface area contributed by atoms with Crippen molar-refractivity contribution in [3.63, 3.8) is 0 Å². The molecule has 0 aliphatic rings. The zero-order chi connectivity index (χ0) is 36.0. The molecule has 4 rings (SSSR count). The smallest absolute Gasteiger partial charge is 0.201 e. The second-order valence-corrected chi connectivity index (χ2v) is 11.8. The van der Waals surface area contributed by atoms with E-state index in [0.29, 0.717) is 38.9 Å². The van der Waals surface area contributed by atoms with Crippen LogP contribution in [0.15, 0.2) is 60.7 Å². The second kappa shape index (κ2) is 18.9. The van der Waals surface area contributed by atoms with Gasteiger partial charge in [-0.1, -0.05) is 25.7 Å². The molecule has 1 N–H and O–H groups in total. The first-order valence-corrected chi connectivity index (χ1v) is 16.8. The van der Waals surface area contributed by atoms with E-state index in [1.54, 1.807) is 6.92 Å². The maximum absolute atomic E-state index is 14.7. The summed E-state index contributed by atoms with van der Waals surface area (Å²) in [6.07, 6.45) is 7.32. The largest absolute Gasteiger partial charge is 0.505 e. The molecule has 4 aromatic rings. The van der Waals surface area contributed by atoms with Crippen LogP contribution in [-0.2, 0) is 4.79 Å². The van der Waals surface area contributed by atoms with Crippen molar-refractivity contribution in [2.45, 2.75) is 71.1 Å². The lowest BCUT2D eigenvalue weighted by atomic mass is 10.0. The van der Waals surface area contributed by atoms with E-state index >= 15 is 0 Å². The van der Waals surface area contributed by atoms with E-state index in [2.05, 4.69) is 0 Å². The number of phenols is 1. The Morgan fingerprint density at radius 1 is 0.540 bits per heavy atom. The van der Waals surface area contributed by atoms with Gasteiger partial charge in [0.25, 0.3) is 0 Å². The van der Waals surface area contributed by atoms with Gasteiger partial charge >= 0.3 is 0 Å². The Hall–Kier alpha value is -4.67. The molecular weight excluding hydrogens is 662 g/mol. The Balaban J connectivity index is 1.03. The van der Waals surface area contributed by atoms with Crippen LogP contribution in [-0.4, -0.2) is 30.7 Å². The summed E-state index contributed by atoms with van der Waals surface area (Å²) in [5.41, 5.74) is -0.737. The van der Waals surface area contributed by atoms with Gasteiger partial charge in [-0.2, -0.15) is 8.78 Å². The number of unbranched alkanes of at least 4 members (excludes halogenated alkanes) is 6. The summed E-state index contributed by atoms with van der Waals surface area (Å²) in [6, 6.07) is 12.5. The number of benzene rings is 4. The fourth-order valence-electron chi connectivity index (χ4n) is 5.42. The second-order valence-electron chi connectivity index (χ2n) is 11.8. The third-order valence-corrected chi connectivity index (χ3v) is 8.11. The van der Waals surface area contributed by atoms with Gasteiger partial charge in [0.2, 0.25) is 11.6 Å². The van der Waals surface area contributed by atoms with Gasteiger partial charge in [0.05, 0.1) is 19.8 Å². The molecule has 0 fully saturated rings. The van der Waals surface area contributed by atoms with E-state index in [-0.39, 0.29) is 51.9 Å². The molecular formula is C39H40F6O5. The van der Waals surface area contributed by atoms with Crippen molar-refractivity contribution in [2.75, 3.05) is 19.8 Å². The van der Waals surface area contributed by atoms with E-state index in [1.165, 1.54) is 36.4 Å². The summed E-state index contributed by atoms with van der Waals surface area (Å²) in [5.74, 6) is -6.97. The molecule has 0 heterocycles. The van der Waals surface area contributed by atoms with Crippen LogP contribution in [0, 0.1) is 34.9 Å². The highest BCUT2D eigenvalue weighted by molar-refractivity contribution is 5.78. The zero-order valence-electron chi connectivity index (χ0n) is 27.8. The minimum absolute atomic E-state index is 0.0829. The van der Waals surface area contributed by atoms with Crippen molar-refractivity contribution in [1.82, 2.24) is 0 Å². The molecule has 0 radical (unpaired) electrons. The van der Waals surface area contributed by atoms with Crippen LogP contribution < -0.4 is 14.2 Å². The molecule has 268 valence electrons. The number of carbonyl (C=O) groups is 1. The molecule has 0 bridgehead atoms. The van der Waals surface area contributed by atoms with Crippen LogP contribution in [0.5, 0.6) is 23.0 Å². The number of halogens is 6. The number of Topliss-reactive ketones (excluding diaryl/α,β-unsaturated/α-hetero) is 1. The minimum Gasteiger partial charge on any atom is -0.505 e. The first kappa shape index (κ1) is 38.1. The van der Waals surface area contributed by atoms with E-state index in [9.17, 15) is 36.2 Å². The summed E-state index contributed by atoms with van der Waals surface area (Å²) >= 11 is 0. The third-order valence-electron chi connectivity index (χ3n) is 8.11. The highest BCUT2D eigenvalue weighted by Crippen LogP contribution is 2.34. The Morgan fingerprint density at radius 2 is 1.00 bits per heavy atom. The third kappa shape index (κ3) is 10.4. The number of rotatable bonds is 20. The van der Waals surface area contributed by atoms with Gasteiger partial charge < -0.3 is 19.3 Å². The highest BCUT2D eigenvalue weighted by atomic mass is 19.2. The van der Waals surface area contributed by atoms with Crippen LogP contribution >= 0.6 is 0 Å². The molecule has 0 unspecified atom stereocenters. The lowest BCUT2D eigenvalue weighted by Gasteiger charge is -2.11. The van der Waals surface area contributed by atoms with Crippen LogP contribution in [0.4, 0.5) is 26.3 Å². The summed E-state index contributed by atoms with van der Waals surface area (Å²) in [4.78, 5) is 12.2. The molecule has 0 saturated carbocycles. The topological polar surface area (TPSA) is 65.0 Å². The van der Waals surface area contributed by atoms with Crippen LogP contribution in [0.2, 0.25) is 0 Å². The van der Waals surface area contributed by atoms with Gasteiger partial charge in [-0.15, -0.1) is 0 Å². The Labute approximate surface area is 287 Å². The fraction of sp³-hybridized carbons (Fsp3) is 0.359. The molecule has 0 aromatic heterocycles. The molecule has 11 heteroatoms. The summed E-state index contributed by atoms with van der Waals surface area (Å²) in [7, 11) is 0. The molecule has 50 heavy (non-hydrogen) atoms. The lowest BCUT2D eigenvalue weighted by Crippen LogP contribution is -2.01. The molecule has 4 aromatic carbocycles. The first-order valence-electron chi connectivity index (χ1n) is 16.8. The average Bonchev–Trinajstić information content (AvgIpc) is 3.09. The van der Waals surface area contributed by atoms with Gasteiger partial charge in [-0.25, -0.2) is 17.6 Å². The lowest BCUT2D eigenvalue weighted by molar-refractivity contribution is -0.119. The van der Waals surface area contributed by atoms with E-state index in [0.717, 1.165) is 62.8 Å². The number of phenolic OH excluding ortho intramolecular Hbond substituents is 1. The molecule has 0 spiro atoms. The quantitative estimate of drug-likeness (QED) is 0.0734. The number of ether oxygens (including phenoxy) is 3. The van der Waals surface area contributed by atoms with Crippen molar-refractivity contribution in [1.29, 1.82) is 0 Å². The maximum atomic E-state index is 14.7. The predicted octanol–water partition coefficient (Wildman–Crippen LogP) is 10.9. The molecule has 0 aliphatic heterocycles. The van der Waals surface area contributed by atoms with Crippen molar-refractivity contribution in [3.8, 4) is 45.3 Å². The van der Waals surface area contributed by atoms with Gasteiger partial charge in [-0.3, -0.25) is 4.79 Å². The maximum Gasteiger partial charge on any atom is 0.201 e. The summed E-state index contributed by atoms with van der Waals surface area (Å²) in [5, 5.41) is 9.26.